The molecule has 1 saturated heterocycles. The molecule has 2 aromatic heterocycles. The Balaban J connectivity index is 1.45. The Kier molecular flexibility index (Phi) is 5.94. The van der Waals surface area contributed by atoms with Crippen LogP contribution in [0.1, 0.15) is 42.9 Å². The minimum atomic E-state index is -0.0671. The molecule has 0 N–H and O–H groups in total. The van der Waals surface area contributed by atoms with Gasteiger partial charge in [-0.1, -0.05) is 47.7 Å². The smallest absolute Gasteiger partial charge is 0.247 e. The number of anilines is 1. The summed E-state index contributed by atoms with van der Waals surface area (Å²) in [5.74, 6) is 2.01. The highest BCUT2D eigenvalue weighted by Crippen LogP contribution is 2.37. The fourth-order valence-corrected chi connectivity index (χ4v) is 4.75. The monoisotopic (exact) mass is 446 g/mol. The van der Waals surface area contributed by atoms with Crippen LogP contribution in [0.5, 0.6) is 0 Å². The normalized spacial score (nSPS) is 15.1. The topological polar surface area (TPSA) is 72.9 Å². The van der Waals surface area contributed by atoms with E-state index in [-0.39, 0.29) is 5.25 Å². The molecule has 1 aliphatic heterocycles. The van der Waals surface area contributed by atoms with Crippen molar-refractivity contribution < 1.29 is 4.42 Å². The number of aromatic nitrogens is 5. The Hall–Kier alpha value is -3.13. The van der Waals surface area contributed by atoms with Gasteiger partial charge in [-0.25, -0.2) is 0 Å². The molecule has 32 heavy (non-hydrogen) atoms. The minimum absolute atomic E-state index is 0.0671. The van der Waals surface area contributed by atoms with Gasteiger partial charge in [0.15, 0.2) is 5.16 Å². The summed E-state index contributed by atoms with van der Waals surface area (Å²) < 4.78 is 8.13. The summed E-state index contributed by atoms with van der Waals surface area (Å²) in [6, 6.07) is 18.3. The molecule has 0 radical (unpaired) electrons. The molecule has 1 fully saturated rings. The van der Waals surface area contributed by atoms with Crippen LogP contribution in [0.15, 0.2) is 64.2 Å². The molecule has 1 unspecified atom stereocenters. The molecule has 8 heteroatoms. The van der Waals surface area contributed by atoms with Gasteiger partial charge in [0.1, 0.15) is 0 Å². The van der Waals surface area contributed by atoms with Crippen molar-refractivity contribution in [3.8, 4) is 17.1 Å². The van der Waals surface area contributed by atoms with E-state index >= 15 is 0 Å². The van der Waals surface area contributed by atoms with Gasteiger partial charge in [-0.2, -0.15) is 0 Å². The summed E-state index contributed by atoms with van der Waals surface area (Å²) in [6.07, 6.45) is 3.64. The van der Waals surface area contributed by atoms with E-state index < -0.39 is 0 Å². The maximum Gasteiger partial charge on any atom is 0.247 e. The molecule has 1 atom stereocenters. The van der Waals surface area contributed by atoms with Crippen LogP contribution in [-0.4, -0.2) is 38.1 Å². The van der Waals surface area contributed by atoms with Gasteiger partial charge in [-0.05, 0) is 57.4 Å². The standard InChI is InChI=1S/C24H26N6OS/c1-17-11-13-20(14-12-17)30-23(29-15-7-4-8-16-29)27-28-24(30)32-18(2)21-25-26-22(31-21)19-9-5-3-6-10-19/h3,5-6,9-14,18H,4,7-8,15-16H2,1-2H3. The van der Waals surface area contributed by atoms with Crippen LogP contribution in [0, 0.1) is 6.92 Å². The summed E-state index contributed by atoms with van der Waals surface area (Å²) in [7, 11) is 0. The molecule has 0 spiro atoms. The van der Waals surface area contributed by atoms with Crippen molar-refractivity contribution in [3.63, 3.8) is 0 Å². The zero-order chi connectivity index (χ0) is 21.9. The molecular weight excluding hydrogens is 420 g/mol. The first-order valence-corrected chi connectivity index (χ1v) is 11.9. The second-order valence-electron chi connectivity index (χ2n) is 8.07. The van der Waals surface area contributed by atoms with Crippen molar-refractivity contribution in [2.45, 2.75) is 43.5 Å². The van der Waals surface area contributed by atoms with Gasteiger partial charge < -0.3 is 9.32 Å². The van der Waals surface area contributed by atoms with E-state index in [0.29, 0.717) is 11.8 Å². The lowest BCUT2D eigenvalue weighted by Crippen LogP contribution is -2.31. The molecule has 4 aromatic rings. The van der Waals surface area contributed by atoms with Crippen molar-refractivity contribution in [2.24, 2.45) is 0 Å². The quantitative estimate of drug-likeness (QED) is 0.364. The first-order chi connectivity index (χ1) is 15.7. The van der Waals surface area contributed by atoms with Gasteiger partial charge in [-0.15, -0.1) is 20.4 Å². The van der Waals surface area contributed by atoms with E-state index in [1.165, 1.54) is 24.8 Å². The summed E-state index contributed by atoms with van der Waals surface area (Å²) in [6.45, 7) is 6.17. The van der Waals surface area contributed by atoms with Crippen molar-refractivity contribution >= 4 is 17.7 Å². The zero-order valence-electron chi connectivity index (χ0n) is 18.3. The number of hydrogen-bond acceptors (Lipinski definition) is 7. The molecule has 0 aliphatic carbocycles. The molecular formula is C24H26N6OS. The van der Waals surface area contributed by atoms with Crippen molar-refractivity contribution in [1.82, 2.24) is 25.0 Å². The number of nitrogens with zero attached hydrogens (tertiary/aromatic N) is 6. The first-order valence-electron chi connectivity index (χ1n) is 11.0. The van der Waals surface area contributed by atoms with E-state index in [1.54, 1.807) is 11.8 Å². The third-order valence-corrected chi connectivity index (χ3v) is 6.67. The van der Waals surface area contributed by atoms with Gasteiger partial charge in [0, 0.05) is 18.7 Å². The van der Waals surface area contributed by atoms with Crippen LogP contribution < -0.4 is 4.90 Å². The predicted octanol–water partition coefficient (Wildman–Crippen LogP) is 5.47. The second kappa shape index (κ2) is 9.16. The van der Waals surface area contributed by atoms with Gasteiger partial charge >= 0.3 is 0 Å². The highest BCUT2D eigenvalue weighted by molar-refractivity contribution is 7.99. The Bertz CT molecular complexity index is 1160. The lowest BCUT2D eigenvalue weighted by atomic mass is 10.1. The lowest BCUT2D eigenvalue weighted by molar-refractivity contribution is 0.509. The Morgan fingerprint density at radius 1 is 0.875 bits per heavy atom. The molecule has 0 bridgehead atoms. The van der Waals surface area contributed by atoms with Gasteiger partial charge in [0.2, 0.25) is 17.7 Å². The maximum atomic E-state index is 5.98. The molecule has 1 aliphatic rings. The van der Waals surface area contributed by atoms with Crippen LogP contribution in [0.3, 0.4) is 0 Å². The van der Waals surface area contributed by atoms with Crippen molar-refractivity contribution in [3.05, 3.63) is 66.1 Å². The fourth-order valence-electron chi connectivity index (χ4n) is 3.86. The van der Waals surface area contributed by atoms with E-state index in [0.717, 1.165) is 35.4 Å². The van der Waals surface area contributed by atoms with Crippen LogP contribution in [-0.2, 0) is 0 Å². The number of piperidine rings is 1. The summed E-state index contributed by atoms with van der Waals surface area (Å²) >= 11 is 1.58. The Labute approximate surface area is 191 Å². The summed E-state index contributed by atoms with van der Waals surface area (Å²) in [4.78, 5) is 2.34. The summed E-state index contributed by atoms with van der Waals surface area (Å²) in [5.41, 5.74) is 3.20. The predicted molar refractivity (Wildman–Crippen MR) is 126 cm³/mol. The van der Waals surface area contributed by atoms with Crippen LogP contribution in [0.4, 0.5) is 5.95 Å². The molecule has 5 rings (SSSR count). The van der Waals surface area contributed by atoms with E-state index in [2.05, 4.69) is 68.0 Å². The van der Waals surface area contributed by atoms with E-state index in [4.69, 9.17) is 4.42 Å². The molecule has 164 valence electrons. The van der Waals surface area contributed by atoms with Crippen LogP contribution >= 0.6 is 11.8 Å². The maximum absolute atomic E-state index is 5.98. The average molecular weight is 447 g/mol. The minimum Gasteiger partial charge on any atom is -0.419 e. The lowest BCUT2D eigenvalue weighted by Gasteiger charge is -2.28. The largest absolute Gasteiger partial charge is 0.419 e. The molecule has 0 amide bonds. The van der Waals surface area contributed by atoms with Crippen LogP contribution in [0.2, 0.25) is 0 Å². The van der Waals surface area contributed by atoms with E-state index in [9.17, 15) is 0 Å². The van der Waals surface area contributed by atoms with Crippen LogP contribution in [0.25, 0.3) is 17.1 Å². The number of rotatable bonds is 6. The van der Waals surface area contributed by atoms with Gasteiger partial charge in [0.25, 0.3) is 0 Å². The van der Waals surface area contributed by atoms with Crippen molar-refractivity contribution in [2.75, 3.05) is 18.0 Å². The van der Waals surface area contributed by atoms with E-state index in [1.807, 2.05) is 30.3 Å². The third kappa shape index (κ3) is 4.27. The highest BCUT2D eigenvalue weighted by atomic mass is 32.2. The zero-order valence-corrected chi connectivity index (χ0v) is 19.1. The number of aryl methyl sites for hydroxylation is 1. The average Bonchev–Trinajstić information content (AvgIpc) is 3.49. The molecule has 2 aromatic carbocycles. The van der Waals surface area contributed by atoms with Crippen molar-refractivity contribution in [1.29, 1.82) is 0 Å². The molecule has 3 heterocycles. The van der Waals surface area contributed by atoms with Gasteiger partial charge in [0.05, 0.1) is 10.9 Å². The Morgan fingerprint density at radius 2 is 1.62 bits per heavy atom. The Morgan fingerprint density at radius 3 is 2.38 bits per heavy atom. The summed E-state index contributed by atoms with van der Waals surface area (Å²) in [5, 5.41) is 18.4. The number of benzene rings is 2. The number of thioether (sulfide) groups is 1. The van der Waals surface area contributed by atoms with Gasteiger partial charge in [-0.3, -0.25) is 4.57 Å². The third-order valence-electron chi connectivity index (χ3n) is 5.64. The second-order valence-corrected chi connectivity index (χ2v) is 9.38. The molecule has 7 nitrogen and oxygen atoms in total. The highest BCUT2D eigenvalue weighted by Gasteiger charge is 2.25. The number of hydrogen-bond donors (Lipinski definition) is 0. The molecule has 0 saturated carbocycles. The first kappa shape index (κ1) is 20.8. The SMILES string of the molecule is Cc1ccc(-n2c(SC(C)c3nnc(-c4ccccc4)o3)nnc2N2CCCCC2)cc1. The fraction of sp³-hybridized carbons (Fsp3) is 0.333.